The van der Waals surface area contributed by atoms with Crippen LogP contribution in [0.15, 0.2) is 60.7 Å². The fourth-order valence-corrected chi connectivity index (χ4v) is 3.23. The van der Waals surface area contributed by atoms with Gasteiger partial charge in [0.1, 0.15) is 0 Å². The zero-order valence-electron chi connectivity index (χ0n) is 10.3. The quantitative estimate of drug-likeness (QED) is 0.733. The summed E-state index contributed by atoms with van der Waals surface area (Å²) in [6, 6.07) is 21.1. The van der Waals surface area contributed by atoms with Crippen LogP contribution in [0.3, 0.4) is 0 Å². The van der Waals surface area contributed by atoms with Crippen molar-refractivity contribution in [2.24, 2.45) is 0 Å². The largest absolute Gasteiger partial charge is 0.146 e. The van der Waals surface area contributed by atoms with E-state index in [0.29, 0.717) is 0 Å². The molecule has 2 rings (SSSR count). The summed E-state index contributed by atoms with van der Waals surface area (Å²) in [6.07, 6.45) is 2.09. The van der Waals surface area contributed by atoms with E-state index in [1.165, 1.54) is 11.1 Å². The van der Waals surface area contributed by atoms with Crippen LogP contribution >= 0.6 is 24.4 Å². The summed E-state index contributed by atoms with van der Waals surface area (Å²) >= 11 is 7.38. The summed E-state index contributed by atoms with van der Waals surface area (Å²) in [6.45, 7) is 0. The van der Waals surface area contributed by atoms with Crippen LogP contribution in [-0.2, 0) is 12.8 Å². The molecule has 93 valence electrons. The molecule has 0 aromatic heterocycles. The second kappa shape index (κ2) is 7.55. The zero-order chi connectivity index (χ0) is 12.6. The first-order valence-electron chi connectivity index (χ1n) is 6.20. The molecule has 0 aliphatic carbocycles. The molecule has 0 saturated carbocycles. The molecule has 0 bridgehead atoms. The van der Waals surface area contributed by atoms with Gasteiger partial charge >= 0.3 is 0 Å². The van der Waals surface area contributed by atoms with Gasteiger partial charge in [0.2, 0.25) is 0 Å². The molecular formula is C16H17S2. The predicted octanol–water partition coefficient (Wildman–Crippen LogP) is 4.73. The molecule has 1 unspecified atom stereocenters. The molecule has 18 heavy (non-hydrogen) atoms. The van der Waals surface area contributed by atoms with Crippen LogP contribution in [0.1, 0.15) is 11.1 Å². The second-order valence-corrected chi connectivity index (χ2v) is 6.40. The first kappa shape index (κ1) is 13.6. The van der Waals surface area contributed by atoms with Gasteiger partial charge in [0.15, 0.2) is 0 Å². The molecule has 0 aliphatic rings. The number of hydrogen-bond acceptors (Lipinski definition) is 1. The minimum absolute atomic E-state index is 0.274. The molecule has 0 nitrogen and oxygen atoms in total. The standard InChI is InChI=1S/C16H17S2/c17-16(13-15-9-5-2-6-10-15)18-12-11-14-7-3-1-4-8-14/h1-10,16H,11-13H2. The highest BCUT2D eigenvalue weighted by atomic mass is 32.2. The van der Waals surface area contributed by atoms with Crippen molar-refractivity contribution in [3.8, 4) is 0 Å². The molecule has 1 radical (unpaired) electrons. The van der Waals surface area contributed by atoms with Crippen molar-refractivity contribution in [3.05, 3.63) is 71.8 Å². The normalized spacial score (nSPS) is 12.3. The third-order valence-electron chi connectivity index (χ3n) is 2.78. The maximum absolute atomic E-state index is 5.50. The highest BCUT2D eigenvalue weighted by Crippen LogP contribution is 2.20. The number of rotatable bonds is 6. The molecule has 0 heterocycles. The van der Waals surface area contributed by atoms with Crippen molar-refractivity contribution in [2.75, 3.05) is 5.75 Å². The third-order valence-corrected chi connectivity index (χ3v) is 4.34. The van der Waals surface area contributed by atoms with Crippen molar-refractivity contribution in [1.82, 2.24) is 0 Å². The number of hydrogen-bond donors (Lipinski definition) is 0. The molecule has 0 saturated heterocycles. The predicted molar refractivity (Wildman–Crippen MR) is 84.1 cm³/mol. The van der Waals surface area contributed by atoms with Crippen molar-refractivity contribution in [3.63, 3.8) is 0 Å². The molecule has 2 heteroatoms. The minimum atomic E-state index is 0.274. The Bertz CT molecular complexity index is 439. The average Bonchev–Trinajstić information content (AvgIpc) is 2.41. The summed E-state index contributed by atoms with van der Waals surface area (Å²) in [5.74, 6) is 1.10. The Kier molecular flexibility index (Phi) is 5.69. The van der Waals surface area contributed by atoms with Gasteiger partial charge in [-0.2, -0.15) is 0 Å². The molecule has 2 aromatic carbocycles. The third kappa shape index (κ3) is 4.79. The summed E-state index contributed by atoms with van der Waals surface area (Å²) < 4.78 is 0.274. The van der Waals surface area contributed by atoms with E-state index in [1.807, 2.05) is 17.8 Å². The van der Waals surface area contributed by atoms with Gasteiger partial charge in [0.25, 0.3) is 0 Å². The first-order chi connectivity index (χ1) is 8.84. The highest BCUT2D eigenvalue weighted by Gasteiger charge is 2.05. The summed E-state index contributed by atoms with van der Waals surface area (Å²) in [4.78, 5) is 0. The SMILES string of the molecule is [S]C(Cc1ccccc1)SCCc1ccccc1. The van der Waals surface area contributed by atoms with Crippen LogP contribution in [0.4, 0.5) is 0 Å². The number of thioether (sulfide) groups is 1. The molecular weight excluding hydrogens is 256 g/mol. The Morgan fingerprint density at radius 3 is 2.00 bits per heavy atom. The topological polar surface area (TPSA) is 0 Å². The van der Waals surface area contributed by atoms with E-state index in [9.17, 15) is 0 Å². The van der Waals surface area contributed by atoms with Gasteiger partial charge in [-0.15, -0.1) is 11.8 Å². The van der Waals surface area contributed by atoms with Gasteiger partial charge in [0.05, 0.1) is 4.58 Å². The maximum Gasteiger partial charge on any atom is 0.0646 e. The molecule has 0 spiro atoms. The van der Waals surface area contributed by atoms with Gasteiger partial charge in [-0.3, -0.25) is 0 Å². The van der Waals surface area contributed by atoms with Gasteiger partial charge in [-0.25, -0.2) is 0 Å². The van der Waals surface area contributed by atoms with E-state index >= 15 is 0 Å². The lowest BCUT2D eigenvalue weighted by atomic mass is 10.2. The first-order valence-corrected chi connectivity index (χ1v) is 7.72. The fraction of sp³-hybridized carbons (Fsp3) is 0.250. The average molecular weight is 273 g/mol. The van der Waals surface area contributed by atoms with Crippen molar-refractivity contribution in [2.45, 2.75) is 17.4 Å². The molecule has 2 aromatic rings. The van der Waals surface area contributed by atoms with E-state index in [-0.39, 0.29) is 4.58 Å². The molecule has 0 amide bonds. The van der Waals surface area contributed by atoms with Gasteiger partial charge in [0, 0.05) is 0 Å². The van der Waals surface area contributed by atoms with E-state index in [4.69, 9.17) is 12.6 Å². The summed E-state index contributed by atoms with van der Waals surface area (Å²) in [7, 11) is 0. The monoisotopic (exact) mass is 273 g/mol. The van der Waals surface area contributed by atoms with Crippen LogP contribution in [0.25, 0.3) is 0 Å². The van der Waals surface area contributed by atoms with Crippen molar-refractivity contribution < 1.29 is 0 Å². The summed E-state index contributed by atoms with van der Waals surface area (Å²) in [5.41, 5.74) is 2.73. The van der Waals surface area contributed by atoms with Crippen LogP contribution in [0.2, 0.25) is 0 Å². The highest BCUT2D eigenvalue weighted by molar-refractivity contribution is 8.10. The Labute approximate surface area is 119 Å². The second-order valence-electron chi connectivity index (χ2n) is 4.23. The van der Waals surface area contributed by atoms with E-state index in [1.54, 1.807) is 0 Å². The Hall–Kier alpha value is -0.860. The number of benzene rings is 2. The molecule has 0 aliphatic heterocycles. The lowest BCUT2D eigenvalue weighted by molar-refractivity contribution is 1.09. The van der Waals surface area contributed by atoms with Crippen LogP contribution in [0, 0.1) is 0 Å². The smallest absolute Gasteiger partial charge is 0.0646 e. The minimum Gasteiger partial charge on any atom is -0.146 e. The lowest BCUT2D eigenvalue weighted by Gasteiger charge is -2.09. The zero-order valence-corrected chi connectivity index (χ0v) is 11.9. The van der Waals surface area contributed by atoms with Crippen LogP contribution < -0.4 is 0 Å². The maximum atomic E-state index is 5.50. The fourth-order valence-electron chi connectivity index (χ4n) is 1.82. The van der Waals surface area contributed by atoms with Crippen molar-refractivity contribution in [1.29, 1.82) is 0 Å². The lowest BCUT2D eigenvalue weighted by Crippen LogP contribution is -2.01. The van der Waals surface area contributed by atoms with E-state index in [2.05, 4.69) is 54.6 Å². The van der Waals surface area contributed by atoms with Crippen LogP contribution in [0.5, 0.6) is 0 Å². The number of aryl methyl sites for hydroxylation is 1. The van der Waals surface area contributed by atoms with Gasteiger partial charge < -0.3 is 0 Å². The van der Waals surface area contributed by atoms with E-state index in [0.717, 1.165) is 18.6 Å². The van der Waals surface area contributed by atoms with Crippen molar-refractivity contribution >= 4 is 24.4 Å². The molecule has 1 atom stereocenters. The summed E-state index contributed by atoms with van der Waals surface area (Å²) in [5, 5.41) is 0. The molecule has 0 fully saturated rings. The molecule has 0 N–H and O–H groups in total. The Morgan fingerprint density at radius 2 is 1.39 bits per heavy atom. The Balaban J connectivity index is 1.71. The van der Waals surface area contributed by atoms with Gasteiger partial charge in [-0.1, -0.05) is 73.3 Å². The van der Waals surface area contributed by atoms with Gasteiger partial charge in [-0.05, 0) is 29.7 Å². The van der Waals surface area contributed by atoms with Crippen LogP contribution in [-0.4, -0.2) is 10.3 Å². The van der Waals surface area contributed by atoms with E-state index < -0.39 is 0 Å². The Morgan fingerprint density at radius 1 is 0.833 bits per heavy atom.